The summed E-state index contributed by atoms with van der Waals surface area (Å²) in [4.78, 5) is 11.9. The molecule has 0 aromatic rings. The molecule has 4 aliphatic rings. The van der Waals surface area contributed by atoms with E-state index in [1.807, 2.05) is 12.2 Å². The van der Waals surface area contributed by atoms with Crippen LogP contribution in [0.15, 0.2) is 36.0 Å². The molecule has 0 aromatic carbocycles. The Balaban J connectivity index is 1.66. The van der Waals surface area contributed by atoms with Crippen LogP contribution in [0.4, 0.5) is 0 Å². The normalized spacial score (nSPS) is 47.0. The predicted molar refractivity (Wildman–Crippen MR) is 106 cm³/mol. The molecule has 0 bridgehead atoms. The third kappa shape index (κ3) is 2.44. The van der Waals surface area contributed by atoms with E-state index in [-0.39, 0.29) is 11.2 Å². The Hall–Kier alpha value is -1.15. The molecule has 3 saturated carbocycles. The van der Waals surface area contributed by atoms with Crippen LogP contribution in [0.25, 0.3) is 0 Å². The summed E-state index contributed by atoms with van der Waals surface area (Å²) in [5, 5.41) is 0. The molecule has 2 nitrogen and oxygen atoms in total. The quantitative estimate of drug-likeness (QED) is 0.638. The number of hydrogen-bond acceptors (Lipinski definition) is 2. The van der Waals surface area contributed by atoms with Gasteiger partial charge in [-0.1, -0.05) is 39.0 Å². The van der Waals surface area contributed by atoms with Crippen molar-refractivity contribution in [2.75, 3.05) is 13.7 Å². The molecule has 0 aliphatic heterocycles. The van der Waals surface area contributed by atoms with Crippen LogP contribution < -0.4 is 0 Å². The van der Waals surface area contributed by atoms with Gasteiger partial charge in [0, 0.05) is 12.5 Å². The van der Waals surface area contributed by atoms with Gasteiger partial charge in [0.05, 0.1) is 6.61 Å². The second-order valence-electron chi connectivity index (χ2n) is 9.93. The van der Waals surface area contributed by atoms with E-state index in [9.17, 15) is 4.79 Å². The summed E-state index contributed by atoms with van der Waals surface area (Å²) >= 11 is 0. The number of hydrogen-bond donors (Lipinski definition) is 0. The smallest absolute Gasteiger partial charge is 0.178 e. The van der Waals surface area contributed by atoms with Gasteiger partial charge in [-0.15, -0.1) is 0 Å². The van der Waals surface area contributed by atoms with Crippen molar-refractivity contribution >= 4 is 5.78 Å². The van der Waals surface area contributed by atoms with Gasteiger partial charge in [0.25, 0.3) is 0 Å². The first kappa shape index (κ1) is 18.2. The van der Waals surface area contributed by atoms with E-state index in [1.165, 1.54) is 36.8 Å². The van der Waals surface area contributed by atoms with Crippen LogP contribution >= 0.6 is 0 Å². The molecule has 3 fully saturated rings. The number of rotatable bonds is 3. The lowest BCUT2D eigenvalue weighted by molar-refractivity contribution is -0.111. The molecule has 26 heavy (non-hydrogen) atoms. The summed E-state index contributed by atoms with van der Waals surface area (Å²) in [5.74, 6) is 3.70. The highest BCUT2D eigenvalue weighted by Crippen LogP contribution is 2.67. The summed E-state index contributed by atoms with van der Waals surface area (Å²) in [6.45, 7) is 12.5. The van der Waals surface area contributed by atoms with E-state index in [0.717, 1.165) is 18.3 Å². The number of methoxy groups -OCH3 is 1. The lowest BCUT2D eigenvalue weighted by Crippen LogP contribution is -2.49. The average Bonchev–Trinajstić information content (AvgIpc) is 2.86. The molecule has 7 atom stereocenters. The molecule has 4 aliphatic carbocycles. The molecule has 4 rings (SSSR count). The highest BCUT2D eigenvalue weighted by molar-refractivity contribution is 6.01. The third-order valence-corrected chi connectivity index (χ3v) is 8.67. The first-order chi connectivity index (χ1) is 12.3. The predicted octanol–water partition coefficient (Wildman–Crippen LogP) is 5.36. The summed E-state index contributed by atoms with van der Waals surface area (Å²) < 4.78 is 5.44. The zero-order valence-corrected chi connectivity index (χ0v) is 16.9. The Morgan fingerprint density at radius 2 is 2.08 bits per heavy atom. The van der Waals surface area contributed by atoms with Crippen molar-refractivity contribution in [2.45, 2.75) is 52.9 Å². The van der Waals surface area contributed by atoms with Crippen molar-refractivity contribution in [1.29, 1.82) is 0 Å². The fraction of sp³-hybridized carbons (Fsp3) is 0.708. The maximum Gasteiger partial charge on any atom is 0.178 e. The van der Waals surface area contributed by atoms with E-state index in [0.29, 0.717) is 29.8 Å². The lowest BCUT2D eigenvalue weighted by atomic mass is 9.47. The topological polar surface area (TPSA) is 26.3 Å². The maximum absolute atomic E-state index is 11.9. The van der Waals surface area contributed by atoms with Crippen LogP contribution in [-0.4, -0.2) is 19.5 Å². The van der Waals surface area contributed by atoms with E-state index in [4.69, 9.17) is 4.74 Å². The number of carbonyl (C=O) groups is 1. The first-order valence-corrected chi connectivity index (χ1v) is 10.4. The summed E-state index contributed by atoms with van der Waals surface area (Å²) in [6, 6.07) is 0. The van der Waals surface area contributed by atoms with Gasteiger partial charge in [0.2, 0.25) is 0 Å². The van der Waals surface area contributed by atoms with Crippen LogP contribution in [0.1, 0.15) is 52.9 Å². The van der Waals surface area contributed by atoms with Crippen molar-refractivity contribution < 1.29 is 9.53 Å². The van der Waals surface area contributed by atoms with Gasteiger partial charge in [-0.05, 0) is 84.8 Å². The SMILES string of the molecule is C=C(COC)C1[C@H](C)CC2C3CCC4=CC(=O)C=C[C@]4(C)C3CC[C@@]21C. The zero-order valence-electron chi connectivity index (χ0n) is 16.9. The molecule has 2 heteroatoms. The Morgan fingerprint density at radius 3 is 2.81 bits per heavy atom. The van der Waals surface area contributed by atoms with E-state index in [2.05, 4.69) is 33.4 Å². The number of carbonyl (C=O) groups excluding carboxylic acids is 1. The van der Waals surface area contributed by atoms with Crippen molar-refractivity contribution in [3.05, 3.63) is 36.0 Å². The van der Waals surface area contributed by atoms with Crippen LogP contribution in [0.2, 0.25) is 0 Å². The minimum absolute atomic E-state index is 0.100. The van der Waals surface area contributed by atoms with E-state index in [1.54, 1.807) is 7.11 Å². The molecular formula is C24H34O2. The van der Waals surface area contributed by atoms with Gasteiger partial charge in [-0.2, -0.15) is 0 Å². The Kier molecular flexibility index (Phi) is 4.34. The van der Waals surface area contributed by atoms with Crippen LogP contribution in [0, 0.1) is 40.4 Å². The second kappa shape index (κ2) is 6.19. The van der Waals surface area contributed by atoms with Crippen LogP contribution in [-0.2, 0) is 9.53 Å². The molecule has 0 spiro atoms. The Morgan fingerprint density at radius 1 is 1.31 bits per heavy atom. The third-order valence-electron chi connectivity index (χ3n) is 8.67. The van der Waals surface area contributed by atoms with Gasteiger partial charge >= 0.3 is 0 Å². The maximum atomic E-state index is 11.9. The zero-order chi connectivity index (χ0) is 18.7. The fourth-order valence-electron chi connectivity index (χ4n) is 7.71. The molecule has 0 amide bonds. The van der Waals surface area contributed by atoms with Gasteiger partial charge in [0.1, 0.15) is 0 Å². The molecular weight excluding hydrogens is 320 g/mol. The standard InChI is InChI=1S/C24H34O2/c1-15-12-21-19-7-6-17-13-18(25)8-10-23(17,3)20(19)9-11-24(21,4)22(15)16(2)14-26-5/h8,10,13,15,19-22H,2,6-7,9,11-12,14H2,1,3-5H3/t15-,19?,20?,21?,22?,23+,24+/m1/s1. The highest BCUT2D eigenvalue weighted by Gasteiger charge is 2.60. The first-order valence-electron chi connectivity index (χ1n) is 10.4. The van der Waals surface area contributed by atoms with Gasteiger partial charge in [-0.25, -0.2) is 0 Å². The van der Waals surface area contributed by atoms with Gasteiger partial charge in [0.15, 0.2) is 5.78 Å². The largest absolute Gasteiger partial charge is 0.380 e. The molecule has 0 saturated heterocycles. The van der Waals surface area contributed by atoms with Crippen LogP contribution in [0.3, 0.4) is 0 Å². The fourth-order valence-corrected chi connectivity index (χ4v) is 7.71. The summed E-state index contributed by atoms with van der Waals surface area (Å²) in [5.41, 5.74) is 3.15. The number of ether oxygens (including phenoxy) is 1. The molecule has 142 valence electrons. The van der Waals surface area contributed by atoms with E-state index >= 15 is 0 Å². The number of ketones is 1. The Labute approximate surface area is 158 Å². The molecule has 4 unspecified atom stereocenters. The monoisotopic (exact) mass is 354 g/mol. The minimum Gasteiger partial charge on any atom is -0.380 e. The van der Waals surface area contributed by atoms with E-state index < -0.39 is 0 Å². The van der Waals surface area contributed by atoms with Crippen molar-refractivity contribution in [1.82, 2.24) is 0 Å². The molecule has 0 radical (unpaired) electrons. The molecule has 0 heterocycles. The van der Waals surface area contributed by atoms with Gasteiger partial charge in [-0.3, -0.25) is 4.79 Å². The Bertz CT molecular complexity index is 686. The lowest BCUT2D eigenvalue weighted by Gasteiger charge is -2.57. The molecule has 0 aromatic heterocycles. The number of allylic oxidation sites excluding steroid dienone is 4. The van der Waals surface area contributed by atoms with Crippen molar-refractivity contribution in [2.24, 2.45) is 40.4 Å². The molecule has 0 N–H and O–H groups in total. The number of fused-ring (bicyclic) bond motifs is 5. The minimum atomic E-state index is 0.100. The summed E-state index contributed by atoms with van der Waals surface area (Å²) in [6.07, 6.45) is 12.2. The van der Waals surface area contributed by atoms with Crippen LogP contribution in [0.5, 0.6) is 0 Å². The average molecular weight is 355 g/mol. The van der Waals surface area contributed by atoms with Crippen molar-refractivity contribution in [3.63, 3.8) is 0 Å². The summed E-state index contributed by atoms with van der Waals surface area (Å²) in [7, 11) is 1.79. The van der Waals surface area contributed by atoms with Crippen molar-refractivity contribution in [3.8, 4) is 0 Å². The second-order valence-corrected chi connectivity index (χ2v) is 9.93. The highest BCUT2D eigenvalue weighted by atomic mass is 16.5. The van der Waals surface area contributed by atoms with Gasteiger partial charge < -0.3 is 4.74 Å².